The quantitative estimate of drug-likeness (QED) is 0.586. The molecule has 0 spiro atoms. The number of amides is 1. The molecule has 0 fully saturated rings. The van der Waals surface area contributed by atoms with Crippen molar-refractivity contribution in [3.63, 3.8) is 0 Å². The molecule has 120 valence electrons. The summed E-state index contributed by atoms with van der Waals surface area (Å²) in [6, 6.07) is 0. The van der Waals surface area contributed by atoms with Gasteiger partial charge in [0.1, 0.15) is 10.9 Å². The van der Waals surface area contributed by atoms with Crippen LogP contribution >= 0.6 is 0 Å². The number of hydrogen-bond donors (Lipinski definition) is 0. The van der Waals surface area contributed by atoms with Crippen molar-refractivity contribution in [2.24, 2.45) is 0 Å². The lowest BCUT2D eigenvalue weighted by Crippen LogP contribution is -2.62. The molecule has 0 aromatic heterocycles. The summed E-state index contributed by atoms with van der Waals surface area (Å²) in [5, 5.41) is -0.560. The molecule has 1 amide bonds. The van der Waals surface area contributed by atoms with Gasteiger partial charge in [-0.25, -0.2) is 4.79 Å². The molecule has 0 heterocycles. The van der Waals surface area contributed by atoms with E-state index in [1.807, 2.05) is 55.4 Å². The van der Waals surface area contributed by atoms with E-state index in [1.165, 1.54) is 0 Å². The van der Waals surface area contributed by atoms with Gasteiger partial charge in [-0.1, -0.05) is 13.1 Å². The van der Waals surface area contributed by atoms with Crippen molar-refractivity contribution in [1.29, 1.82) is 0 Å². The van der Waals surface area contributed by atoms with E-state index in [4.69, 9.17) is 9.47 Å². The Morgan fingerprint density at radius 3 is 1.70 bits per heavy atom. The average molecular weight is 304 g/mol. The second-order valence-electron chi connectivity index (χ2n) is 7.65. The number of nitrogens with zero attached hydrogens (tertiary/aromatic N) is 1. The highest BCUT2D eigenvalue weighted by Gasteiger charge is 2.43. The van der Waals surface area contributed by atoms with Gasteiger partial charge in [-0.3, -0.25) is 4.90 Å². The van der Waals surface area contributed by atoms with Gasteiger partial charge in [-0.05, 0) is 55.4 Å². The molecule has 5 heteroatoms. The van der Waals surface area contributed by atoms with Crippen LogP contribution in [-0.2, 0) is 9.47 Å². The largest absolute Gasteiger partial charge is 0.444 e. The molecule has 0 aromatic carbocycles. The molecule has 0 aromatic rings. The van der Waals surface area contributed by atoms with Crippen LogP contribution in [0.2, 0.25) is 13.1 Å². The summed E-state index contributed by atoms with van der Waals surface area (Å²) < 4.78 is 11.8. The zero-order chi connectivity index (χ0) is 16.4. The predicted molar refractivity (Wildman–Crippen MR) is 86.7 cm³/mol. The minimum absolute atomic E-state index is 0.298. The van der Waals surface area contributed by atoms with Crippen molar-refractivity contribution >= 4 is 14.9 Å². The van der Waals surface area contributed by atoms with Gasteiger partial charge in [0, 0.05) is 6.54 Å². The van der Waals surface area contributed by atoms with Crippen LogP contribution in [0.4, 0.5) is 4.79 Å². The van der Waals surface area contributed by atoms with Crippen LogP contribution in [0.25, 0.3) is 0 Å². The lowest BCUT2D eigenvalue weighted by molar-refractivity contribution is -0.150. The maximum absolute atomic E-state index is 12.5. The van der Waals surface area contributed by atoms with Crippen molar-refractivity contribution in [3.8, 4) is 0 Å². The SMILES string of the molecule is CCN(C(=O)OC(C)(C)C)C(C)(OC(C)(C)C)[SiH](C)C. The van der Waals surface area contributed by atoms with Gasteiger partial charge in [0.05, 0.1) is 14.4 Å². The Morgan fingerprint density at radius 1 is 1.00 bits per heavy atom. The molecule has 1 unspecified atom stereocenters. The summed E-state index contributed by atoms with van der Waals surface area (Å²) in [4.78, 5) is 14.2. The number of hydrogen-bond acceptors (Lipinski definition) is 3. The Bertz CT molecular complexity index is 331. The number of ether oxygens (including phenoxy) is 2. The van der Waals surface area contributed by atoms with Gasteiger partial charge in [-0.15, -0.1) is 0 Å². The van der Waals surface area contributed by atoms with Crippen LogP contribution in [0.5, 0.6) is 0 Å². The molecule has 1 atom stereocenters. The van der Waals surface area contributed by atoms with E-state index in [0.29, 0.717) is 6.54 Å². The van der Waals surface area contributed by atoms with Gasteiger partial charge in [0.15, 0.2) is 0 Å². The Balaban J connectivity index is 5.36. The van der Waals surface area contributed by atoms with Gasteiger partial charge in [0.25, 0.3) is 0 Å². The van der Waals surface area contributed by atoms with Crippen molar-refractivity contribution in [2.45, 2.75) is 85.0 Å². The van der Waals surface area contributed by atoms with Gasteiger partial charge in [0.2, 0.25) is 0 Å². The third-order valence-electron chi connectivity index (χ3n) is 3.05. The minimum atomic E-state index is -1.30. The van der Waals surface area contributed by atoms with E-state index in [-0.39, 0.29) is 11.7 Å². The highest BCUT2D eigenvalue weighted by molar-refractivity contribution is 6.59. The summed E-state index contributed by atoms with van der Waals surface area (Å²) in [6.45, 7) is 20.6. The van der Waals surface area contributed by atoms with E-state index >= 15 is 0 Å². The molecular weight excluding hydrogens is 270 g/mol. The Kier molecular flexibility index (Phi) is 6.30. The molecule has 0 aliphatic rings. The Morgan fingerprint density at radius 2 is 1.45 bits per heavy atom. The molecule has 0 aliphatic carbocycles. The van der Waals surface area contributed by atoms with Crippen LogP contribution in [0.1, 0.15) is 55.4 Å². The first-order valence-electron chi connectivity index (χ1n) is 7.43. The van der Waals surface area contributed by atoms with Gasteiger partial charge >= 0.3 is 6.09 Å². The fourth-order valence-electron chi connectivity index (χ4n) is 2.05. The number of rotatable bonds is 4. The monoisotopic (exact) mass is 303 g/mol. The number of carbonyl (C=O) groups excluding carboxylic acids is 1. The third-order valence-corrected chi connectivity index (χ3v) is 5.62. The molecule has 0 aliphatic heterocycles. The Hall–Kier alpha value is -0.553. The fraction of sp³-hybridized carbons (Fsp3) is 0.933. The highest BCUT2D eigenvalue weighted by atomic mass is 28.3. The van der Waals surface area contributed by atoms with Crippen LogP contribution in [-0.4, -0.2) is 42.9 Å². The second kappa shape index (κ2) is 6.48. The molecule has 4 nitrogen and oxygen atoms in total. The average Bonchev–Trinajstić information content (AvgIpc) is 2.11. The fourth-order valence-corrected chi connectivity index (χ4v) is 3.55. The summed E-state index contributed by atoms with van der Waals surface area (Å²) in [6.07, 6.45) is -0.298. The maximum atomic E-state index is 12.5. The van der Waals surface area contributed by atoms with Crippen molar-refractivity contribution in [1.82, 2.24) is 4.90 Å². The standard InChI is InChI=1S/C15H33NO3Si/c1-11-16(12(17)18-13(2,3)4)15(8,20(9)10)19-14(5,6)7/h20H,11H2,1-10H3. The normalized spacial score (nSPS) is 15.9. The molecule has 0 saturated carbocycles. The zero-order valence-corrected chi connectivity index (χ0v) is 16.1. The first-order chi connectivity index (χ1) is 8.73. The third kappa shape index (κ3) is 5.83. The summed E-state index contributed by atoms with van der Waals surface area (Å²) in [7, 11) is -1.30. The second-order valence-corrected chi connectivity index (χ2v) is 11.0. The topological polar surface area (TPSA) is 38.8 Å². The number of carbonyl (C=O) groups is 1. The molecule has 0 N–H and O–H groups in total. The van der Waals surface area contributed by atoms with Crippen molar-refractivity contribution in [2.75, 3.05) is 6.54 Å². The molecule has 0 rings (SSSR count). The molecule has 0 saturated heterocycles. The van der Waals surface area contributed by atoms with E-state index < -0.39 is 19.7 Å². The minimum Gasteiger partial charge on any atom is -0.444 e. The van der Waals surface area contributed by atoms with E-state index in [2.05, 4.69) is 13.1 Å². The van der Waals surface area contributed by atoms with Gasteiger partial charge in [-0.2, -0.15) is 0 Å². The summed E-state index contributed by atoms with van der Waals surface area (Å²) in [5.74, 6) is 0. The van der Waals surface area contributed by atoms with Crippen molar-refractivity contribution in [3.05, 3.63) is 0 Å². The summed E-state index contributed by atoms with van der Waals surface area (Å²) in [5.41, 5.74) is -0.798. The first-order valence-corrected chi connectivity index (χ1v) is 10.3. The van der Waals surface area contributed by atoms with Crippen LogP contribution < -0.4 is 0 Å². The lowest BCUT2D eigenvalue weighted by atomic mass is 10.2. The van der Waals surface area contributed by atoms with Crippen LogP contribution in [0.3, 0.4) is 0 Å². The Labute approximate surface area is 126 Å². The van der Waals surface area contributed by atoms with E-state index in [0.717, 1.165) is 0 Å². The lowest BCUT2D eigenvalue weighted by Gasteiger charge is -2.46. The molecule has 0 radical (unpaired) electrons. The van der Waals surface area contributed by atoms with Gasteiger partial charge < -0.3 is 9.47 Å². The smallest absolute Gasteiger partial charge is 0.412 e. The van der Waals surface area contributed by atoms with Crippen LogP contribution in [0, 0.1) is 0 Å². The van der Waals surface area contributed by atoms with Crippen molar-refractivity contribution < 1.29 is 14.3 Å². The first kappa shape index (κ1) is 19.4. The molecule has 20 heavy (non-hydrogen) atoms. The van der Waals surface area contributed by atoms with Crippen LogP contribution in [0.15, 0.2) is 0 Å². The highest BCUT2D eigenvalue weighted by Crippen LogP contribution is 2.28. The summed E-state index contributed by atoms with van der Waals surface area (Å²) >= 11 is 0. The predicted octanol–water partition coefficient (Wildman–Crippen LogP) is 3.80. The molecular formula is C15H33NO3Si. The zero-order valence-electron chi connectivity index (χ0n) is 15.0. The molecule has 0 bridgehead atoms. The van der Waals surface area contributed by atoms with E-state index in [1.54, 1.807) is 4.90 Å². The maximum Gasteiger partial charge on any atom is 0.412 e. The van der Waals surface area contributed by atoms with E-state index in [9.17, 15) is 4.79 Å².